The van der Waals surface area contributed by atoms with Gasteiger partial charge in [-0.25, -0.2) is 0 Å². The lowest BCUT2D eigenvalue weighted by molar-refractivity contribution is -0.127. The molecular formula is C15H29N3O2. The highest BCUT2D eigenvalue weighted by molar-refractivity contribution is 5.78. The zero-order chi connectivity index (χ0) is 14.6. The highest BCUT2D eigenvalue weighted by Gasteiger charge is 2.34. The van der Waals surface area contributed by atoms with Crippen LogP contribution in [0.2, 0.25) is 0 Å². The van der Waals surface area contributed by atoms with Crippen molar-refractivity contribution in [2.75, 3.05) is 32.7 Å². The molecule has 0 aromatic carbocycles. The van der Waals surface area contributed by atoms with Crippen LogP contribution in [0.15, 0.2) is 0 Å². The average molecular weight is 283 g/mol. The number of likely N-dealkylation sites (tertiary alicyclic amines) is 1. The van der Waals surface area contributed by atoms with Crippen molar-refractivity contribution in [1.82, 2.24) is 10.2 Å². The molecule has 0 saturated carbocycles. The van der Waals surface area contributed by atoms with Gasteiger partial charge in [-0.05, 0) is 46.1 Å². The largest absolute Gasteiger partial charge is 0.371 e. The molecular weight excluding hydrogens is 254 g/mol. The molecule has 2 heterocycles. The molecule has 2 aliphatic rings. The van der Waals surface area contributed by atoms with Gasteiger partial charge in [0.2, 0.25) is 5.91 Å². The lowest BCUT2D eigenvalue weighted by Crippen LogP contribution is -2.46. The molecule has 2 rings (SSSR count). The zero-order valence-electron chi connectivity index (χ0n) is 12.9. The molecule has 0 aromatic rings. The van der Waals surface area contributed by atoms with Gasteiger partial charge in [0.05, 0.1) is 17.6 Å². The van der Waals surface area contributed by atoms with Crippen molar-refractivity contribution in [3.05, 3.63) is 0 Å². The van der Waals surface area contributed by atoms with Crippen molar-refractivity contribution in [2.24, 2.45) is 11.7 Å². The van der Waals surface area contributed by atoms with E-state index in [1.807, 2.05) is 0 Å². The molecule has 20 heavy (non-hydrogen) atoms. The Balaban J connectivity index is 1.77. The second kappa shape index (κ2) is 6.87. The van der Waals surface area contributed by atoms with Gasteiger partial charge in [0.1, 0.15) is 0 Å². The van der Waals surface area contributed by atoms with E-state index in [4.69, 9.17) is 10.5 Å². The quantitative estimate of drug-likeness (QED) is 0.780. The van der Waals surface area contributed by atoms with Gasteiger partial charge in [-0.2, -0.15) is 0 Å². The molecule has 0 radical (unpaired) electrons. The number of nitrogens with one attached hydrogen (secondary N) is 1. The van der Waals surface area contributed by atoms with Crippen LogP contribution in [0.5, 0.6) is 0 Å². The number of hydrogen-bond donors (Lipinski definition) is 2. The molecule has 2 fully saturated rings. The number of amides is 1. The van der Waals surface area contributed by atoms with Crippen molar-refractivity contribution in [1.29, 1.82) is 0 Å². The Labute approximate surface area is 122 Å². The summed E-state index contributed by atoms with van der Waals surface area (Å²) in [7, 11) is 0. The number of nitrogens with two attached hydrogens (primary N) is 1. The Bertz CT molecular complexity index is 333. The number of ether oxygens (including phenoxy) is 1. The third kappa shape index (κ3) is 4.43. The minimum Gasteiger partial charge on any atom is -0.371 e. The van der Waals surface area contributed by atoms with Crippen LogP contribution < -0.4 is 11.1 Å². The van der Waals surface area contributed by atoms with Crippen molar-refractivity contribution < 1.29 is 9.53 Å². The molecule has 5 nitrogen and oxygen atoms in total. The summed E-state index contributed by atoms with van der Waals surface area (Å²) in [6, 6.07) is 0. The topological polar surface area (TPSA) is 67.6 Å². The molecule has 116 valence electrons. The highest BCUT2D eigenvalue weighted by atomic mass is 16.5. The van der Waals surface area contributed by atoms with Crippen molar-refractivity contribution in [2.45, 2.75) is 51.2 Å². The minimum atomic E-state index is 0.0261. The van der Waals surface area contributed by atoms with E-state index in [1.165, 1.54) is 0 Å². The first-order valence-corrected chi connectivity index (χ1v) is 7.88. The molecule has 2 aliphatic heterocycles. The summed E-state index contributed by atoms with van der Waals surface area (Å²) in [5, 5.41) is 2.91. The van der Waals surface area contributed by atoms with Crippen LogP contribution in [0.25, 0.3) is 0 Å². The van der Waals surface area contributed by atoms with Gasteiger partial charge in [0.25, 0.3) is 0 Å². The van der Waals surface area contributed by atoms with Crippen molar-refractivity contribution >= 4 is 5.91 Å². The van der Waals surface area contributed by atoms with Crippen LogP contribution in [0.3, 0.4) is 0 Å². The standard InChI is InChI=1S/C15H29N3O2/c1-15(2)6-5-13(20-15)11-18-9-3-4-12(10-18)14(19)17-8-7-16/h12-13H,3-11,16H2,1-2H3,(H,17,19). The van der Waals surface area contributed by atoms with Crippen LogP contribution >= 0.6 is 0 Å². The van der Waals surface area contributed by atoms with E-state index >= 15 is 0 Å². The van der Waals surface area contributed by atoms with Gasteiger partial charge in [0.15, 0.2) is 0 Å². The lowest BCUT2D eigenvalue weighted by Gasteiger charge is -2.33. The normalized spacial score (nSPS) is 30.4. The first-order valence-electron chi connectivity index (χ1n) is 7.88. The van der Waals surface area contributed by atoms with Crippen LogP contribution in [0.4, 0.5) is 0 Å². The maximum Gasteiger partial charge on any atom is 0.224 e. The summed E-state index contributed by atoms with van der Waals surface area (Å²) in [6.45, 7) is 8.31. The third-order valence-electron chi connectivity index (χ3n) is 4.34. The fourth-order valence-electron chi connectivity index (χ4n) is 3.27. The molecule has 0 aromatic heterocycles. The number of rotatable bonds is 5. The van der Waals surface area contributed by atoms with Gasteiger partial charge >= 0.3 is 0 Å². The van der Waals surface area contributed by atoms with Gasteiger partial charge < -0.3 is 15.8 Å². The second-order valence-corrected chi connectivity index (χ2v) is 6.72. The Hall–Kier alpha value is -0.650. The van der Waals surface area contributed by atoms with E-state index < -0.39 is 0 Å². The Kier molecular flexibility index (Phi) is 5.41. The summed E-state index contributed by atoms with van der Waals surface area (Å²) in [5.41, 5.74) is 5.45. The molecule has 0 bridgehead atoms. The molecule has 2 saturated heterocycles. The number of carbonyl (C=O) groups excluding carboxylic acids is 1. The molecule has 3 N–H and O–H groups in total. The van der Waals surface area contributed by atoms with Gasteiger partial charge in [-0.15, -0.1) is 0 Å². The predicted octanol–water partition coefficient (Wildman–Crippen LogP) is 0.731. The monoisotopic (exact) mass is 283 g/mol. The lowest BCUT2D eigenvalue weighted by atomic mass is 9.96. The summed E-state index contributed by atoms with van der Waals surface area (Å²) in [5.74, 6) is 0.275. The smallest absolute Gasteiger partial charge is 0.224 e. The number of carbonyl (C=O) groups is 1. The highest BCUT2D eigenvalue weighted by Crippen LogP contribution is 2.30. The van der Waals surface area contributed by atoms with E-state index in [9.17, 15) is 4.79 Å². The van der Waals surface area contributed by atoms with E-state index in [0.717, 1.165) is 45.3 Å². The predicted molar refractivity (Wildman–Crippen MR) is 79.4 cm³/mol. The Morgan fingerprint density at radius 3 is 2.90 bits per heavy atom. The molecule has 2 atom stereocenters. The second-order valence-electron chi connectivity index (χ2n) is 6.72. The summed E-state index contributed by atoms with van der Waals surface area (Å²) in [6.07, 6.45) is 4.68. The van der Waals surface area contributed by atoms with Crippen molar-refractivity contribution in [3.63, 3.8) is 0 Å². The fourth-order valence-corrected chi connectivity index (χ4v) is 3.27. The SMILES string of the molecule is CC1(C)CCC(CN2CCCC(C(=O)NCCN)C2)O1. The average Bonchev–Trinajstić information content (AvgIpc) is 2.75. The number of hydrogen-bond acceptors (Lipinski definition) is 4. The fraction of sp³-hybridized carbons (Fsp3) is 0.933. The number of piperidine rings is 1. The van der Waals surface area contributed by atoms with Gasteiger partial charge in [0, 0.05) is 26.2 Å². The first kappa shape index (κ1) is 15.7. The van der Waals surface area contributed by atoms with Gasteiger partial charge in [-0.1, -0.05) is 0 Å². The first-order chi connectivity index (χ1) is 9.50. The van der Waals surface area contributed by atoms with E-state index in [-0.39, 0.29) is 17.4 Å². The minimum absolute atomic E-state index is 0.0261. The molecule has 2 unspecified atom stereocenters. The van der Waals surface area contributed by atoms with E-state index in [2.05, 4.69) is 24.1 Å². The molecule has 1 amide bonds. The molecule has 5 heteroatoms. The summed E-state index contributed by atoms with van der Waals surface area (Å²) in [4.78, 5) is 14.4. The zero-order valence-corrected chi connectivity index (χ0v) is 12.9. The Morgan fingerprint density at radius 2 is 2.25 bits per heavy atom. The van der Waals surface area contributed by atoms with Crippen molar-refractivity contribution in [3.8, 4) is 0 Å². The van der Waals surface area contributed by atoms with Crippen LogP contribution in [0.1, 0.15) is 39.5 Å². The van der Waals surface area contributed by atoms with Gasteiger partial charge in [-0.3, -0.25) is 9.69 Å². The van der Waals surface area contributed by atoms with Crippen LogP contribution in [-0.4, -0.2) is 55.2 Å². The van der Waals surface area contributed by atoms with E-state index in [1.54, 1.807) is 0 Å². The molecule has 0 aliphatic carbocycles. The molecule has 0 spiro atoms. The van der Waals surface area contributed by atoms with E-state index in [0.29, 0.717) is 19.2 Å². The summed E-state index contributed by atoms with van der Waals surface area (Å²) >= 11 is 0. The maximum absolute atomic E-state index is 12.0. The van der Waals surface area contributed by atoms with Crippen LogP contribution in [0, 0.1) is 5.92 Å². The number of nitrogens with zero attached hydrogens (tertiary/aromatic N) is 1. The van der Waals surface area contributed by atoms with Crippen LogP contribution in [-0.2, 0) is 9.53 Å². The summed E-state index contributed by atoms with van der Waals surface area (Å²) < 4.78 is 6.05. The third-order valence-corrected chi connectivity index (χ3v) is 4.34. The maximum atomic E-state index is 12.0. The Morgan fingerprint density at radius 1 is 1.45 bits per heavy atom.